The Morgan fingerprint density at radius 2 is 1.43 bits per heavy atom. The summed E-state index contributed by atoms with van der Waals surface area (Å²) in [6.45, 7) is 3.03. The summed E-state index contributed by atoms with van der Waals surface area (Å²) in [5, 5.41) is 15.5. The van der Waals surface area contributed by atoms with Crippen molar-refractivity contribution < 1.29 is 10.2 Å². The van der Waals surface area contributed by atoms with E-state index in [4.69, 9.17) is 10.2 Å². The van der Waals surface area contributed by atoms with Crippen molar-refractivity contribution in [2.75, 3.05) is 26.8 Å². The van der Waals surface area contributed by atoms with Gasteiger partial charge >= 0.3 is 0 Å². The average molecular weight is 322 g/mol. The number of benzene rings is 1. The molecule has 3 rings (SSSR count). The fourth-order valence-corrected chi connectivity index (χ4v) is 3.50. The molecule has 1 aliphatic carbocycles. The Morgan fingerprint density at radius 1 is 0.870 bits per heavy atom. The number of aliphatic hydroxyl groups is 2. The minimum absolute atomic E-state index is 0.240. The monoisotopic (exact) mass is 321 g/mol. The number of likely N-dealkylation sites (tertiary alicyclic amines) is 1. The molecule has 0 aromatic heterocycles. The molecule has 0 unspecified atom stereocenters. The molecule has 2 N–H and O–H groups in total. The van der Waals surface area contributed by atoms with Gasteiger partial charge in [0.25, 0.3) is 0 Å². The number of rotatable bonds is 3. The number of nitrogens with zero attached hydrogens (tertiary/aromatic N) is 1. The van der Waals surface area contributed by atoms with Crippen LogP contribution in [0, 0.1) is 0 Å². The molecule has 3 heteroatoms. The third kappa shape index (κ3) is 8.50. The third-order valence-corrected chi connectivity index (χ3v) is 4.73. The van der Waals surface area contributed by atoms with Gasteiger partial charge in [-0.1, -0.05) is 56.0 Å². The lowest BCUT2D eigenvalue weighted by Gasteiger charge is -2.36. The highest BCUT2D eigenvalue weighted by Crippen LogP contribution is 2.24. The van der Waals surface area contributed by atoms with Crippen LogP contribution < -0.4 is 0 Å². The molecule has 1 saturated carbocycles. The van der Waals surface area contributed by atoms with E-state index in [9.17, 15) is 0 Å². The van der Waals surface area contributed by atoms with Crippen LogP contribution in [0.1, 0.15) is 56.9 Å². The first-order valence-corrected chi connectivity index (χ1v) is 9.23. The zero-order valence-electron chi connectivity index (χ0n) is 14.8. The van der Waals surface area contributed by atoms with Crippen LogP contribution in [0.2, 0.25) is 0 Å². The molecular formula is C20H35NO2. The van der Waals surface area contributed by atoms with Crippen molar-refractivity contribution >= 4 is 0 Å². The molecule has 0 radical (unpaired) electrons. The van der Waals surface area contributed by atoms with E-state index >= 15 is 0 Å². The molecule has 132 valence electrons. The van der Waals surface area contributed by atoms with E-state index in [1.165, 1.54) is 70.0 Å². The molecule has 2 aliphatic rings. The number of hydrogen-bond donors (Lipinski definition) is 2. The van der Waals surface area contributed by atoms with Crippen molar-refractivity contribution in [1.82, 2.24) is 4.90 Å². The van der Waals surface area contributed by atoms with Crippen molar-refractivity contribution in [3.8, 4) is 0 Å². The molecule has 1 aromatic rings. The summed E-state index contributed by atoms with van der Waals surface area (Å²) in [5.41, 5.74) is 1.19. The normalized spacial score (nSPS) is 19.1. The SMILES string of the molecule is C1CCC(N2CCCCC2)CC1.CO.OCCc1ccccc1. The molecule has 1 aromatic carbocycles. The van der Waals surface area contributed by atoms with Gasteiger partial charge < -0.3 is 15.1 Å². The molecule has 1 aliphatic heterocycles. The summed E-state index contributed by atoms with van der Waals surface area (Å²) in [6, 6.07) is 10.9. The van der Waals surface area contributed by atoms with Gasteiger partial charge in [-0.2, -0.15) is 0 Å². The molecule has 3 nitrogen and oxygen atoms in total. The zero-order chi connectivity index (χ0) is 16.8. The maximum atomic E-state index is 8.52. The third-order valence-electron chi connectivity index (χ3n) is 4.73. The maximum Gasteiger partial charge on any atom is 0.0471 e. The lowest BCUT2D eigenvalue weighted by molar-refractivity contribution is 0.131. The summed E-state index contributed by atoms with van der Waals surface area (Å²) in [6.07, 6.45) is 12.6. The molecule has 0 spiro atoms. The van der Waals surface area contributed by atoms with Crippen LogP contribution in [0.3, 0.4) is 0 Å². The lowest BCUT2D eigenvalue weighted by atomic mass is 9.93. The standard InChI is InChI=1S/C11H21N.C8H10O.CH4O/c1-3-7-11(8-4-1)12-9-5-2-6-10-12;9-7-6-8-4-2-1-3-5-8;1-2/h11H,1-10H2;1-5,9H,6-7H2;2H,1H3. The highest BCUT2D eigenvalue weighted by molar-refractivity contribution is 5.14. The largest absolute Gasteiger partial charge is 0.400 e. The predicted molar refractivity (Wildman–Crippen MR) is 97.7 cm³/mol. The lowest BCUT2D eigenvalue weighted by Crippen LogP contribution is -2.40. The molecule has 2 fully saturated rings. The van der Waals surface area contributed by atoms with Gasteiger partial charge in [0.1, 0.15) is 0 Å². The van der Waals surface area contributed by atoms with Crippen LogP contribution in [0.5, 0.6) is 0 Å². The van der Waals surface area contributed by atoms with Crippen molar-refractivity contribution in [2.24, 2.45) is 0 Å². The topological polar surface area (TPSA) is 43.7 Å². The Morgan fingerprint density at radius 3 is 2.00 bits per heavy atom. The van der Waals surface area contributed by atoms with E-state index in [-0.39, 0.29) is 6.61 Å². The molecule has 0 atom stereocenters. The van der Waals surface area contributed by atoms with Crippen LogP contribution in [0.15, 0.2) is 30.3 Å². The van der Waals surface area contributed by atoms with Gasteiger partial charge in [0.05, 0.1) is 0 Å². The smallest absolute Gasteiger partial charge is 0.0471 e. The second-order valence-electron chi connectivity index (χ2n) is 6.35. The molecular weight excluding hydrogens is 286 g/mol. The first-order valence-electron chi connectivity index (χ1n) is 9.23. The van der Waals surface area contributed by atoms with Crippen LogP contribution in [-0.2, 0) is 6.42 Å². The van der Waals surface area contributed by atoms with E-state index in [0.717, 1.165) is 19.6 Å². The van der Waals surface area contributed by atoms with Crippen molar-refractivity contribution in [3.05, 3.63) is 35.9 Å². The van der Waals surface area contributed by atoms with Crippen molar-refractivity contribution in [1.29, 1.82) is 0 Å². The van der Waals surface area contributed by atoms with Crippen molar-refractivity contribution in [2.45, 2.75) is 63.8 Å². The molecule has 0 amide bonds. The first kappa shape index (κ1) is 20.1. The Bertz CT molecular complexity index is 341. The Hall–Kier alpha value is -0.900. The van der Waals surface area contributed by atoms with Gasteiger partial charge in [-0.3, -0.25) is 0 Å². The molecule has 1 saturated heterocycles. The second kappa shape index (κ2) is 13.5. The fraction of sp³-hybridized carbons (Fsp3) is 0.700. The van der Waals surface area contributed by atoms with Gasteiger partial charge in [-0.15, -0.1) is 0 Å². The average Bonchev–Trinajstić information content (AvgIpc) is 2.67. The predicted octanol–water partition coefficient (Wildman–Crippen LogP) is 3.63. The van der Waals surface area contributed by atoms with Crippen LogP contribution in [-0.4, -0.2) is 48.0 Å². The summed E-state index contributed by atoms with van der Waals surface area (Å²) in [4.78, 5) is 2.75. The highest BCUT2D eigenvalue weighted by atomic mass is 16.3. The van der Waals surface area contributed by atoms with E-state index in [1.807, 2.05) is 30.3 Å². The van der Waals surface area contributed by atoms with Crippen LogP contribution in [0.4, 0.5) is 0 Å². The minimum Gasteiger partial charge on any atom is -0.400 e. The quantitative estimate of drug-likeness (QED) is 0.893. The van der Waals surface area contributed by atoms with Crippen LogP contribution in [0.25, 0.3) is 0 Å². The Kier molecular flexibility index (Phi) is 11.9. The van der Waals surface area contributed by atoms with Gasteiger partial charge in [0.2, 0.25) is 0 Å². The summed E-state index contributed by atoms with van der Waals surface area (Å²) in [7, 11) is 1.00. The minimum atomic E-state index is 0.240. The van der Waals surface area contributed by atoms with Crippen molar-refractivity contribution in [3.63, 3.8) is 0 Å². The van der Waals surface area contributed by atoms with E-state index in [0.29, 0.717) is 0 Å². The Labute approximate surface area is 142 Å². The summed E-state index contributed by atoms with van der Waals surface area (Å²) >= 11 is 0. The molecule has 0 bridgehead atoms. The number of hydrogen-bond acceptors (Lipinski definition) is 3. The van der Waals surface area contributed by atoms with E-state index < -0.39 is 0 Å². The number of piperidine rings is 1. The summed E-state index contributed by atoms with van der Waals surface area (Å²) in [5.74, 6) is 0. The number of aliphatic hydroxyl groups excluding tert-OH is 2. The highest BCUT2D eigenvalue weighted by Gasteiger charge is 2.21. The second-order valence-corrected chi connectivity index (χ2v) is 6.35. The molecule has 1 heterocycles. The zero-order valence-corrected chi connectivity index (χ0v) is 14.8. The van der Waals surface area contributed by atoms with Gasteiger partial charge in [-0.05, 0) is 50.8 Å². The van der Waals surface area contributed by atoms with E-state index in [2.05, 4.69) is 4.90 Å². The molecule has 23 heavy (non-hydrogen) atoms. The van der Waals surface area contributed by atoms with Crippen LogP contribution >= 0.6 is 0 Å². The maximum absolute atomic E-state index is 8.52. The Balaban J connectivity index is 0.000000215. The summed E-state index contributed by atoms with van der Waals surface area (Å²) < 4.78 is 0. The van der Waals surface area contributed by atoms with Gasteiger partial charge in [0.15, 0.2) is 0 Å². The van der Waals surface area contributed by atoms with E-state index in [1.54, 1.807) is 0 Å². The fourth-order valence-electron chi connectivity index (χ4n) is 3.50. The first-order chi connectivity index (χ1) is 11.4. The van der Waals surface area contributed by atoms with Gasteiger partial charge in [-0.25, -0.2) is 0 Å². The van der Waals surface area contributed by atoms with Gasteiger partial charge in [0, 0.05) is 19.8 Å².